The molecule has 1 radical (unpaired) electrons. The van der Waals surface area contributed by atoms with Crippen molar-refractivity contribution < 1.29 is 18.4 Å². The van der Waals surface area contributed by atoms with Gasteiger partial charge in [0.25, 0.3) is 0 Å². The van der Waals surface area contributed by atoms with E-state index < -0.39 is 11.6 Å². The fraction of sp³-hybridized carbons (Fsp3) is 0. The van der Waals surface area contributed by atoms with Gasteiger partial charge in [0.1, 0.15) is 10.2 Å². The van der Waals surface area contributed by atoms with E-state index in [9.17, 15) is 13.9 Å². The first-order valence-electron chi connectivity index (χ1n) is 5.29. The van der Waals surface area contributed by atoms with Gasteiger partial charge >= 0.3 is 0 Å². The predicted molar refractivity (Wildman–Crippen MR) is 67.2 cm³/mol. The van der Waals surface area contributed by atoms with Gasteiger partial charge in [0.15, 0.2) is 23.0 Å². The number of aromatic nitrogens is 1. The smallest absolute Gasteiger partial charge is 0.196 e. The lowest BCUT2D eigenvalue weighted by atomic mass is 10.1. The molecule has 3 aromatic rings. The van der Waals surface area contributed by atoms with Crippen molar-refractivity contribution in [3.63, 3.8) is 0 Å². The van der Waals surface area contributed by atoms with E-state index in [0.717, 1.165) is 6.07 Å². The molecule has 0 N–H and O–H groups in total. The first-order chi connectivity index (χ1) is 9.09. The molecule has 1 aromatic heterocycles. The highest BCUT2D eigenvalue weighted by Gasteiger charge is 2.19. The Balaban J connectivity index is 2.33. The molecule has 3 nitrogen and oxygen atoms in total. The maximum Gasteiger partial charge on any atom is 0.196 e. The third-order valence-electron chi connectivity index (χ3n) is 2.75. The molecule has 0 atom stereocenters. The molecular formula is C13H5BrF2NO2. The lowest BCUT2D eigenvalue weighted by Gasteiger charge is -2.00. The first-order valence-corrected chi connectivity index (χ1v) is 6.08. The van der Waals surface area contributed by atoms with Crippen molar-refractivity contribution in [1.29, 1.82) is 0 Å². The van der Waals surface area contributed by atoms with Gasteiger partial charge in [0.2, 0.25) is 0 Å². The van der Waals surface area contributed by atoms with E-state index in [2.05, 4.69) is 21.1 Å². The molecule has 1 heterocycles. The van der Waals surface area contributed by atoms with Crippen molar-refractivity contribution in [2.75, 3.05) is 0 Å². The van der Waals surface area contributed by atoms with E-state index in [1.807, 2.05) is 0 Å². The monoisotopic (exact) mass is 324 g/mol. The van der Waals surface area contributed by atoms with Gasteiger partial charge in [-0.2, -0.15) is 0 Å². The van der Waals surface area contributed by atoms with Crippen LogP contribution in [-0.4, -0.2) is 5.16 Å². The molecule has 0 aliphatic carbocycles. The number of benzene rings is 2. The van der Waals surface area contributed by atoms with Gasteiger partial charge in [-0.3, -0.25) is 5.11 Å². The molecule has 0 bridgehead atoms. The molecule has 0 amide bonds. The van der Waals surface area contributed by atoms with Gasteiger partial charge in [0.05, 0.1) is 5.39 Å². The summed E-state index contributed by atoms with van der Waals surface area (Å²) in [6.45, 7) is 0. The lowest BCUT2D eigenvalue weighted by molar-refractivity contribution is 0.351. The van der Waals surface area contributed by atoms with Crippen LogP contribution in [0.1, 0.15) is 0 Å². The second kappa shape index (κ2) is 4.31. The zero-order valence-electron chi connectivity index (χ0n) is 9.28. The van der Waals surface area contributed by atoms with Crippen molar-refractivity contribution in [2.45, 2.75) is 0 Å². The number of halogens is 3. The summed E-state index contributed by atoms with van der Waals surface area (Å²) in [6.07, 6.45) is 0. The fourth-order valence-corrected chi connectivity index (χ4v) is 2.25. The Morgan fingerprint density at radius 3 is 2.74 bits per heavy atom. The SMILES string of the molecule is [O]c1ccc2c(-c3cccc(F)c3F)noc2c1Br. The first kappa shape index (κ1) is 12.1. The maximum atomic E-state index is 13.7. The van der Waals surface area contributed by atoms with Gasteiger partial charge < -0.3 is 4.52 Å². The van der Waals surface area contributed by atoms with Crippen molar-refractivity contribution in [2.24, 2.45) is 0 Å². The largest absolute Gasteiger partial charge is 0.354 e. The van der Waals surface area contributed by atoms with Crippen LogP contribution in [0, 0.1) is 11.6 Å². The second-order valence-corrected chi connectivity index (χ2v) is 4.68. The van der Waals surface area contributed by atoms with Crippen molar-refractivity contribution in [3.8, 4) is 17.0 Å². The molecule has 0 fully saturated rings. The molecule has 95 valence electrons. The lowest BCUT2D eigenvalue weighted by Crippen LogP contribution is -1.89. The van der Waals surface area contributed by atoms with E-state index in [0.29, 0.717) is 5.39 Å². The fourth-order valence-electron chi connectivity index (χ4n) is 1.84. The molecule has 0 saturated carbocycles. The Bertz CT molecular complexity index is 786. The van der Waals surface area contributed by atoms with Crippen molar-refractivity contribution in [3.05, 3.63) is 46.4 Å². The number of hydrogen-bond acceptors (Lipinski definition) is 2. The van der Waals surface area contributed by atoms with Crippen LogP contribution in [0.2, 0.25) is 0 Å². The third kappa shape index (κ3) is 1.79. The Hall–Kier alpha value is -1.95. The van der Waals surface area contributed by atoms with Gasteiger partial charge in [-0.1, -0.05) is 11.2 Å². The Labute approximate surface area is 114 Å². The van der Waals surface area contributed by atoms with Crippen LogP contribution in [0.4, 0.5) is 8.78 Å². The molecule has 3 rings (SSSR count). The minimum Gasteiger partial charge on any atom is -0.354 e. The van der Waals surface area contributed by atoms with Gasteiger partial charge in [-0.25, -0.2) is 8.78 Å². The van der Waals surface area contributed by atoms with E-state index in [1.54, 1.807) is 0 Å². The molecule has 0 saturated heterocycles. The summed E-state index contributed by atoms with van der Waals surface area (Å²) in [5.41, 5.74) is 0.364. The van der Waals surface area contributed by atoms with Crippen LogP contribution in [-0.2, 0) is 5.11 Å². The Morgan fingerprint density at radius 2 is 1.95 bits per heavy atom. The summed E-state index contributed by atoms with van der Waals surface area (Å²) in [5.74, 6) is -2.23. The third-order valence-corrected chi connectivity index (χ3v) is 3.50. The summed E-state index contributed by atoms with van der Waals surface area (Å²) in [7, 11) is 0. The number of hydrogen-bond donors (Lipinski definition) is 0. The highest BCUT2D eigenvalue weighted by molar-refractivity contribution is 9.10. The summed E-state index contributed by atoms with van der Waals surface area (Å²) >= 11 is 3.09. The molecule has 0 spiro atoms. The molecular weight excluding hydrogens is 320 g/mol. The second-order valence-electron chi connectivity index (χ2n) is 3.89. The van der Waals surface area contributed by atoms with Crippen LogP contribution in [0.5, 0.6) is 5.75 Å². The van der Waals surface area contributed by atoms with Gasteiger partial charge in [0, 0.05) is 5.56 Å². The van der Waals surface area contributed by atoms with Crippen molar-refractivity contribution >= 4 is 26.9 Å². The average molecular weight is 325 g/mol. The highest BCUT2D eigenvalue weighted by Crippen LogP contribution is 2.38. The van der Waals surface area contributed by atoms with Crippen molar-refractivity contribution in [1.82, 2.24) is 5.16 Å². The molecule has 0 aliphatic rings. The van der Waals surface area contributed by atoms with E-state index in [4.69, 9.17) is 4.52 Å². The van der Waals surface area contributed by atoms with Crippen LogP contribution >= 0.6 is 15.9 Å². The zero-order valence-corrected chi connectivity index (χ0v) is 10.9. The maximum absolute atomic E-state index is 13.7. The van der Waals surface area contributed by atoms with Gasteiger partial charge in [-0.05, 0) is 40.2 Å². The average Bonchev–Trinajstić information content (AvgIpc) is 2.82. The normalized spacial score (nSPS) is 11.1. The molecule has 0 aliphatic heterocycles. The minimum atomic E-state index is -1.000. The number of fused-ring (bicyclic) bond motifs is 1. The summed E-state index contributed by atoms with van der Waals surface area (Å²) < 4.78 is 32.2. The summed E-state index contributed by atoms with van der Waals surface area (Å²) in [6, 6.07) is 6.58. The molecule has 6 heteroatoms. The van der Waals surface area contributed by atoms with Crippen LogP contribution < -0.4 is 0 Å². The van der Waals surface area contributed by atoms with Crippen LogP contribution in [0.25, 0.3) is 22.2 Å². The van der Waals surface area contributed by atoms with E-state index in [-0.39, 0.29) is 27.1 Å². The summed E-state index contributed by atoms with van der Waals surface area (Å²) in [4.78, 5) is 0. The highest BCUT2D eigenvalue weighted by atomic mass is 79.9. The van der Waals surface area contributed by atoms with E-state index in [1.165, 1.54) is 24.3 Å². The Kier molecular flexibility index (Phi) is 2.74. The molecule has 0 unspecified atom stereocenters. The number of nitrogens with zero attached hydrogens (tertiary/aromatic N) is 1. The predicted octanol–water partition coefficient (Wildman–Crippen LogP) is 4.68. The molecule has 19 heavy (non-hydrogen) atoms. The molecule has 2 aromatic carbocycles. The minimum absolute atomic E-state index is 0.00991. The summed E-state index contributed by atoms with van der Waals surface area (Å²) in [5, 5.41) is 15.6. The van der Waals surface area contributed by atoms with Crippen LogP contribution in [0.15, 0.2) is 39.3 Å². The topological polar surface area (TPSA) is 45.9 Å². The Morgan fingerprint density at radius 1 is 1.16 bits per heavy atom. The zero-order chi connectivity index (χ0) is 13.6. The number of rotatable bonds is 1. The van der Waals surface area contributed by atoms with Crippen LogP contribution in [0.3, 0.4) is 0 Å². The van der Waals surface area contributed by atoms with Gasteiger partial charge in [-0.15, -0.1) is 0 Å². The van der Waals surface area contributed by atoms with E-state index >= 15 is 0 Å². The standard InChI is InChI=1S/C13H5BrF2NO2/c14-10-9(18)5-4-7-12(17-19-13(7)10)6-2-1-3-8(15)11(6)16/h1-5H. The quantitative estimate of drug-likeness (QED) is 0.652.